The summed E-state index contributed by atoms with van der Waals surface area (Å²) in [5.41, 5.74) is 6.58. The first-order valence-corrected chi connectivity index (χ1v) is 13.4. The molecule has 0 N–H and O–H groups in total. The molecular formula is C30H31N3OS. The van der Waals surface area contributed by atoms with E-state index in [1.807, 2.05) is 42.5 Å². The van der Waals surface area contributed by atoms with Crippen LogP contribution in [0, 0.1) is 13.8 Å². The molecule has 0 spiro atoms. The first kappa shape index (κ1) is 23.6. The minimum absolute atomic E-state index is 0.112. The molecule has 1 heterocycles. The number of aromatic nitrogens is 3. The number of carbonyl (C=O) groups is 1. The molecule has 4 aromatic rings. The van der Waals surface area contributed by atoms with Gasteiger partial charge in [-0.05, 0) is 61.4 Å². The molecule has 0 amide bonds. The highest BCUT2D eigenvalue weighted by molar-refractivity contribution is 7.99. The standard InChI is InChI=1S/C30H31N3OS/c1-21-13-18-27(19-22(21)2)33-29(26-11-7-4-8-12-26)31-32-30(33)35-20-28(34)25-16-14-24(15-17-25)23-9-5-3-6-10-23/h4,7-8,11-19,23H,3,5-6,9-10,20H2,1-2H3. The predicted octanol–water partition coefficient (Wildman–Crippen LogP) is 7.57. The number of rotatable bonds is 7. The Morgan fingerprint density at radius 1 is 0.886 bits per heavy atom. The Bertz CT molecular complexity index is 1310. The van der Waals surface area contributed by atoms with E-state index in [0.29, 0.717) is 11.7 Å². The second-order valence-electron chi connectivity index (χ2n) is 9.44. The second kappa shape index (κ2) is 10.6. The fourth-order valence-electron chi connectivity index (χ4n) is 4.83. The van der Waals surface area contributed by atoms with Gasteiger partial charge in [0, 0.05) is 11.1 Å². The smallest absolute Gasteiger partial charge is 0.196 e. The van der Waals surface area contributed by atoms with E-state index in [0.717, 1.165) is 27.8 Å². The maximum absolute atomic E-state index is 13.1. The van der Waals surface area contributed by atoms with E-state index in [1.165, 1.54) is 60.6 Å². The molecule has 0 aliphatic heterocycles. The highest BCUT2D eigenvalue weighted by atomic mass is 32.2. The van der Waals surface area contributed by atoms with Crippen molar-refractivity contribution in [3.63, 3.8) is 0 Å². The van der Waals surface area contributed by atoms with E-state index in [4.69, 9.17) is 0 Å². The number of ketones is 1. The number of thioether (sulfide) groups is 1. The lowest BCUT2D eigenvalue weighted by molar-refractivity contribution is 0.102. The molecule has 1 fully saturated rings. The second-order valence-corrected chi connectivity index (χ2v) is 10.4. The van der Waals surface area contributed by atoms with Crippen molar-refractivity contribution in [3.8, 4) is 17.1 Å². The molecule has 1 aliphatic rings. The van der Waals surface area contributed by atoms with Crippen molar-refractivity contribution in [2.75, 3.05) is 5.75 Å². The summed E-state index contributed by atoms with van der Waals surface area (Å²) < 4.78 is 2.06. The summed E-state index contributed by atoms with van der Waals surface area (Å²) in [6.45, 7) is 4.22. The Morgan fingerprint density at radius 2 is 1.63 bits per heavy atom. The molecule has 0 radical (unpaired) electrons. The van der Waals surface area contributed by atoms with Gasteiger partial charge in [-0.2, -0.15) is 0 Å². The summed E-state index contributed by atoms with van der Waals surface area (Å²) in [4.78, 5) is 13.1. The van der Waals surface area contributed by atoms with E-state index in [1.54, 1.807) is 0 Å². The molecule has 1 saturated carbocycles. The summed E-state index contributed by atoms with van der Waals surface area (Å²) in [5.74, 6) is 1.86. The van der Waals surface area contributed by atoms with Crippen LogP contribution in [0.5, 0.6) is 0 Å². The third-order valence-electron chi connectivity index (χ3n) is 7.06. The zero-order valence-electron chi connectivity index (χ0n) is 20.4. The lowest BCUT2D eigenvalue weighted by Crippen LogP contribution is -2.07. The minimum Gasteiger partial charge on any atom is -0.293 e. The van der Waals surface area contributed by atoms with E-state index in [9.17, 15) is 4.79 Å². The van der Waals surface area contributed by atoms with Crippen LogP contribution in [-0.4, -0.2) is 26.3 Å². The highest BCUT2D eigenvalue weighted by Crippen LogP contribution is 2.33. The van der Waals surface area contributed by atoms with Crippen molar-refractivity contribution < 1.29 is 4.79 Å². The number of Topliss-reactive ketones (excluding diaryl/α,β-unsaturated/α-hetero) is 1. The van der Waals surface area contributed by atoms with E-state index in [-0.39, 0.29) is 5.78 Å². The van der Waals surface area contributed by atoms with Gasteiger partial charge in [0.2, 0.25) is 0 Å². The van der Waals surface area contributed by atoms with Gasteiger partial charge in [-0.3, -0.25) is 9.36 Å². The summed E-state index contributed by atoms with van der Waals surface area (Å²) in [6.07, 6.45) is 6.51. The van der Waals surface area contributed by atoms with Gasteiger partial charge >= 0.3 is 0 Å². The van der Waals surface area contributed by atoms with Crippen molar-refractivity contribution >= 4 is 17.5 Å². The predicted molar refractivity (Wildman–Crippen MR) is 144 cm³/mol. The van der Waals surface area contributed by atoms with Gasteiger partial charge in [-0.15, -0.1) is 10.2 Å². The third-order valence-corrected chi connectivity index (χ3v) is 7.98. The summed E-state index contributed by atoms with van der Waals surface area (Å²) in [7, 11) is 0. The molecule has 0 bridgehead atoms. The average molecular weight is 482 g/mol. The van der Waals surface area contributed by atoms with Crippen molar-refractivity contribution in [1.82, 2.24) is 14.8 Å². The van der Waals surface area contributed by atoms with Crippen molar-refractivity contribution in [1.29, 1.82) is 0 Å². The highest BCUT2D eigenvalue weighted by Gasteiger charge is 2.19. The number of carbonyl (C=O) groups excluding carboxylic acids is 1. The molecule has 35 heavy (non-hydrogen) atoms. The molecular weight excluding hydrogens is 450 g/mol. The third kappa shape index (κ3) is 5.25. The Labute approximate surface area is 211 Å². The molecule has 1 aromatic heterocycles. The molecule has 5 rings (SSSR count). The Hall–Kier alpha value is -3.18. The molecule has 0 atom stereocenters. The van der Waals surface area contributed by atoms with Gasteiger partial charge in [-0.1, -0.05) is 91.7 Å². The maximum Gasteiger partial charge on any atom is 0.196 e. The van der Waals surface area contributed by atoms with Crippen LogP contribution in [0.3, 0.4) is 0 Å². The SMILES string of the molecule is Cc1ccc(-n2c(SCC(=O)c3ccc(C4CCCCC4)cc3)nnc2-c2ccccc2)cc1C. The van der Waals surface area contributed by atoms with Crippen LogP contribution in [0.4, 0.5) is 0 Å². The van der Waals surface area contributed by atoms with E-state index in [2.05, 4.69) is 58.9 Å². The van der Waals surface area contributed by atoms with Crippen LogP contribution in [0.2, 0.25) is 0 Å². The monoisotopic (exact) mass is 481 g/mol. The van der Waals surface area contributed by atoms with Gasteiger partial charge in [0.15, 0.2) is 16.8 Å². The molecule has 178 valence electrons. The topological polar surface area (TPSA) is 47.8 Å². The lowest BCUT2D eigenvalue weighted by Gasteiger charge is -2.22. The van der Waals surface area contributed by atoms with Crippen LogP contribution >= 0.6 is 11.8 Å². The first-order valence-electron chi connectivity index (χ1n) is 12.4. The minimum atomic E-state index is 0.112. The summed E-state index contributed by atoms with van der Waals surface area (Å²) in [5, 5.41) is 9.72. The fraction of sp³-hybridized carbons (Fsp3) is 0.300. The van der Waals surface area contributed by atoms with Crippen LogP contribution in [0.15, 0.2) is 78.0 Å². The molecule has 4 nitrogen and oxygen atoms in total. The van der Waals surface area contributed by atoms with Gasteiger partial charge < -0.3 is 0 Å². The van der Waals surface area contributed by atoms with Crippen LogP contribution in [0.1, 0.15) is 65.1 Å². The van der Waals surface area contributed by atoms with Gasteiger partial charge in [0.05, 0.1) is 11.4 Å². The summed E-state index contributed by atoms with van der Waals surface area (Å²) >= 11 is 1.44. The number of aryl methyl sites for hydroxylation is 2. The van der Waals surface area contributed by atoms with Crippen LogP contribution in [-0.2, 0) is 0 Å². The number of nitrogens with zero attached hydrogens (tertiary/aromatic N) is 3. The number of benzene rings is 3. The normalized spacial score (nSPS) is 14.2. The average Bonchev–Trinajstić information content (AvgIpc) is 3.34. The van der Waals surface area contributed by atoms with E-state index >= 15 is 0 Å². The van der Waals surface area contributed by atoms with Gasteiger partial charge in [0.1, 0.15) is 0 Å². The Morgan fingerprint density at radius 3 is 2.34 bits per heavy atom. The van der Waals surface area contributed by atoms with Crippen molar-refractivity contribution in [3.05, 3.63) is 95.1 Å². The van der Waals surface area contributed by atoms with Gasteiger partial charge in [0.25, 0.3) is 0 Å². The van der Waals surface area contributed by atoms with Crippen LogP contribution < -0.4 is 0 Å². The zero-order valence-corrected chi connectivity index (χ0v) is 21.2. The molecule has 3 aromatic carbocycles. The summed E-state index contributed by atoms with van der Waals surface area (Å²) in [6, 6.07) is 24.7. The molecule has 0 unspecified atom stereocenters. The first-order chi connectivity index (χ1) is 17.1. The molecule has 5 heteroatoms. The maximum atomic E-state index is 13.1. The number of hydrogen-bond donors (Lipinski definition) is 0. The van der Waals surface area contributed by atoms with E-state index < -0.39 is 0 Å². The molecule has 0 saturated heterocycles. The Balaban J connectivity index is 1.37. The quantitative estimate of drug-likeness (QED) is 0.202. The molecule has 1 aliphatic carbocycles. The lowest BCUT2D eigenvalue weighted by atomic mass is 9.84. The van der Waals surface area contributed by atoms with Crippen LogP contribution in [0.25, 0.3) is 17.1 Å². The van der Waals surface area contributed by atoms with Gasteiger partial charge in [-0.25, -0.2) is 0 Å². The Kier molecular flexibility index (Phi) is 7.14. The fourth-order valence-corrected chi connectivity index (χ4v) is 5.67. The zero-order chi connectivity index (χ0) is 24.2. The van der Waals surface area contributed by atoms with Crippen molar-refractivity contribution in [2.24, 2.45) is 0 Å². The van der Waals surface area contributed by atoms with Crippen molar-refractivity contribution in [2.45, 2.75) is 57.0 Å². The number of hydrogen-bond acceptors (Lipinski definition) is 4. The largest absolute Gasteiger partial charge is 0.293 e.